The standard InChI is InChI=1S/C14H14N2.C6H10N2O/c15-13-9-8-12(10-14(13)16)7-6-11-4-2-1-3-5-11;1-9-5-3-6-2-4-7-8-6/h1-10H,15-16H2;2,4H,3,5H2,1H3,(H,7,8). The van der Waals surface area contributed by atoms with Crippen molar-refractivity contribution in [3.63, 3.8) is 0 Å². The Balaban J connectivity index is 0.000000212. The molecule has 1 aromatic heterocycles. The molecule has 0 aliphatic carbocycles. The maximum atomic E-state index is 5.73. The average Bonchev–Trinajstić information content (AvgIpc) is 3.16. The Morgan fingerprint density at radius 2 is 1.72 bits per heavy atom. The van der Waals surface area contributed by atoms with Gasteiger partial charge in [-0.05, 0) is 29.3 Å². The Labute approximate surface area is 148 Å². The second-order valence-electron chi connectivity index (χ2n) is 5.46. The molecule has 1 heterocycles. The number of hydrogen-bond acceptors (Lipinski definition) is 4. The van der Waals surface area contributed by atoms with E-state index in [1.807, 2.05) is 54.6 Å². The smallest absolute Gasteiger partial charge is 0.0553 e. The topological polar surface area (TPSA) is 89.9 Å². The van der Waals surface area contributed by atoms with Gasteiger partial charge in [0.2, 0.25) is 0 Å². The molecule has 0 atom stereocenters. The van der Waals surface area contributed by atoms with E-state index < -0.39 is 0 Å². The van der Waals surface area contributed by atoms with Gasteiger partial charge in [0, 0.05) is 25.4 Å². The molecular weight excluding hydrogens is 312 g/mol. The van der Waals surface area contributed by atoms with E-state index in [1.165, 1.54) is 0 Å². The number of hydrogen-bond donors (Lipinski definition) is 3. The van der Waals surface area contributed by atoms with Crippen LogP contribution in [-0.4, -0.2) is 23.9 Å². The summed E-state index contributed by atoms with van der Waals surface area (Å²) in [6.45, 7) is 0.752. The molecule has 0 radical (unpaired) electrons. The van der Waals surface area contributed by atoms with Crippen molar-refractivity contribution in [1.82, 2.24) is 10.2 Å². The molecule has 5 nitrogen and oxygen atoms in total. The second-order valence-corrected chi connectivity index (χ2v) is 5.46. The quantitative estimate of drug-likeness (QED) is 0.490. The van der Waals surface area contributed by atoms with E-state index in [4.69, 9.17) is 16.2 Å². The van der Waals surface area contributed by atoms with Crippen LogP contribution in [-0.2, 0) is 11.2 Å². The van der Waals surface area contributed by atoms with Crippen molar-refractivity contribution < 1.29 is 4.74 Å². The van der Waals surface area contributed by atoms with Crippen LogP contribution in [0.3, 0.4) is 0 Å². The minimum atomic E-state index is 0.621. The van der Waals surface area contributed by atoms with Crippen molar-refractivity contribution in [2.24, 2.45) is 0 Å². The Bertz CT molecular complexity index is 768. The number of aromatic amines is 1. The molecule has 0 unspecified atom stereocenters. The fraction of sp³-hybridized carbons (Fsp3) is 0.150. The van der Waals surface area contributed by atoms with Gasteiger partial charge < -0.3 is 16.2 Å². The number of nitrogens with two attached hydrogens (primary N) is 2. The largest absolute Gasteiger partial charge is 0.397 e. The molecule has 5 heteroatoms. The highest BCUT2D eigenvalue weighted by Gasteiger charge is 1.94. The molecule has 3 rings (SSSR count). The molecule has 25 heavy (non-hydrogen) atoms. The first kappa shape index (κ1) is 18.3. The highest BCUT2D eigenvalue weighted by atomic mass is 16.5. The molecule has 130 valence electrons. The summed E-state index contributed by atoms with van der Waals surface area (Å²) >= 11 is 0. The number of nitrogens with zero attached hydrogens (tertiary/aromatic N) is 1. The van der Waals surface area contributed by atoms with Gasteiger partial charge in [-0.25, -0.2) is 0 Å². The third-order valence-corrected chi connectivity index (χ3v) is 3.51. The number of nitrogens with one attached hydrogen (secondary N) is 1. The van der Waals surface area contributed by atoms with Crippen LogP contribution in [0.25, 0.3) is 12.2 Å². The van der Waals surface area contributed by atoms with Crippen LogP contribution < -0.4 is 11.5 Å². The van der Waals surface area contributed by atoms with E-state index in [0.717, 1.165) is 29.8 Å². The van der Waals surface area contributed by atoms with E-state index in [1.54, 1.807) is 13.3 Å². The lowest BCUT2D eigenvalue weighted by molar-refractivity contribution is 0.201. The summed E-state index contributed by atoms with van der Waals surface area (Å²) in [6.07, 6.45) is 6.72. The summed E-state index contributed by atoms with van der Waals surface area (Å²) in [4.78, 5) is 0. The Hall–Kier alpha value is -3.05. The average molecular weight is 336 g/mol. The maximum Gasteiger partial charge on any atom is 0.0553 e. The Morgan fingerprint density at radius 1 is 0.960 bits per heavy atom. The zero-order chi connectivity index (χ0) is 17.9. The number of rotatable bonds is 5. The van der Waals surface area contributed by atoms with E-state index in [2.05, 4.69) is 22.3 Å². The number of benzene rings is 2. The molecule has 0 saturated carbocycles. The molecule has 0 saturated heterocycles. The molecule has 2 aromatic carbocycles. The van der Waals surface area contributed by atoms with Crippen molar-refractivity contribution in [1.29, 1.82) is 0 Å². The van der Waals surface area contributed by atoms with Gasteiger partial charge in [-0.2, -0.15) is 5.10 Å². The van der Waals surface area contributed by atoms with Crippen LogP contribution in [0.1, 0.15) is 16.8 Å². The molecule has 0 aliphatic heterocycles. The van der Waals surface area contributed by atoms with E-state index in [0.29, 0.717) is 11.4 Å². The van der Waals surface area contributed by atoms with E-state index >= 15 is 0 Å². The van der Waals surface area contributed by atoms with Crippen molar-refractivity contribution in [3.05, 3.63) is 77.6 Å². The van der Waals surface area contributed by atoms with Crippen LogP contribution in [0.15, 0.2) is 60.8 Å². The minimum absolute atomic E-state index is 0.621. The lowest BCUT2D eigenvalue weighted by atomic mass is 10.1. The first-order chi connectivity index (χ1) is 12.2. The summed E-state index contributed by atoms with van der Waals surface area (Å²) in [5.74, 6) is 0. The van der Waals surface area contributed by atoms with Crippen LogP contribution >= 0.6 is 0 Å². The van der Waals surface area contributed by atoms with Crippen LogP contribution in [0.4, 0.5) is 11.4 Å². The lowest BCUT2D eigenvalue weighted by Crippen LogP contribution is -1.93. The predicted octanol–water partition coefficient (Wildman–Crippen LogP) is 3.62. The van der Waals surface area contributed by atoms with E-state index in [-0.39, 0.29) is 0 Å². The van der Waals surface area contributed by atoms with Gasteiger partial charge in [0.05, 0.1) is 18.0 Å². The van der Waals surface area contributed by atoms with Gasteiger partial charge in [0.1, 0.15) is 0 Å². The second kappa shape index (κ2) is 9.95. The highest BCUT2D eigenvalue weighted by Crippen LogP contribution is 2.17. The first-order valence-electron chi connectivity index (χ1n) is 8.04. The van der Waals surface area contributed by atoms with Gasteiger partial charge in [0.25, 0.3) is 0 Å². The number of ether oxygens (including phenoxy) is 1. The summed E-state index contributed by atoms with van der Waals surface area (Å²) in [5.41, 5.74) is 16.0. The van der Waals surface area contributed by atoms with Crippen LogP contribution in [0.2, 0.25) is 0 Å². The predicted molar refractivity (Wildman–Crippen MR) is 105 cm³/mol. The zero-order valence-electron chi connectivity index (χ0n) is 14.4. The number of nitrogen functional groups attached to an aromatic ring is 2. The Morgan fingerprint density at radius 3 is 2.36 bits per heavy atom. The summed E-state index contributed by atoms with van der Waals surface area (Å²) in [6, 6.07) is 17.7. The monoisotopic (exact) mass is 336 g/mol. The number of aromatic nitrogens is 2. The van der Waals surface area contributed by atoms with Gasteiger partial charge in [-0.15, -0.1) is 0 Å². The summed E-state index contributed by atoms with van der Waals surface area (Å²) in [7, 11) is 1.69. The lowest BCUT2D eigenvalue weighted by Gasteiger charge is -2.00. The van der Waals surface area contributed by atoms with E-state index in [9.17, 15) is 0 Å². The van der Waals surface area contributed by atoms with Crippen LogP contribution in [0.5, 0.6) is 0 Å². The van der Waals surface area contributed by atoms with Crippen molar-refractivity contribution in [3.8, 4) is 0 Å². The fourth-order valence-electron chi connectivity index (χ4n) is 2.09. The summed E-state index contributed by atoms with van der Waals surface area (Å²) < 4.78 is 4.87. The molecule has 3 aromatic rings. The number of anilines is 2. The Kier molecular flexibility index (Phi) is 7.28. The first-order valence-corrected chi connectivity index (χ1v) is 8.04. The minimum Gasteiger partial charge on any atom is -0.397 e. The van der Waals surface area contributed by atoms with Gasteiger partial charge in [0.15, 0.2) is 0 Å². The van der Waals surface area contributed by atoms with Gasteiger partial charge in [-0.1, -0.05) is 48.6 Å². The molecule has 5 N–H and O–H groups in total. The fourth-order valence-corrected chi connectivity index (χ4v) is 2.09. The van der Waals surface area contributed by atoms with Crippen molar-refractivity contribution >= 4 is 23.5 Å². The molecular formula is C20H24N4O. The molecule has 0 spiro atoms. The normalized spacial score (nSPS) is 10.4. The summed E-state index contributed by atoms with van der Waals surface area (Å²) in [5, 5.41) is 6.64. The molecule has 0 amide bonds. The van der Waals surface area contributed by atoms with Crippen LogP contribution in [0, 0.1) is 0 Å². The number of methoxy groups -OCH3 is 1. The third-order valence-electron chi connectivity index (χ3n) is 3.51. The maximum absolute atomic E-state index is 5.73. The molecule has 0 fully saturated rings. The SMILES string of the molecule is COCCc1ccn[nH]1.Nc1ccc(C=Cc2ccccc2)cc1N. The van der Waals surface area contributed by atoms with Gasteiger partial charge in [-0.3, -0.25) is 5.10 Å². The zero-order valence-corrected chi connectivity index (χ0v) is 14.4. The van der Waals surface area contributed by atoms with Crippen molar-refractivity contribution in [2.45, 2.75) is 6.42 Å². The van der Waals surface area contributed by atoms with Gasteiger partial charge >= 0.3 is 0 Å². The third kappa shape index (κ3) is 6.53. The van der Waals surface area contributed by atoms with Crippen molar-refractivity contribution in [2.75, 3.05) is 25.2 Å². The highest BCUT2D eigenvalue weighted by molar-refractivity contribution is 5.74. The molecule has 0 bridgehead atoms. The molecule has 0 aliphatic rings. The number of H-pyrrole nitrogens is 1.